The molecule has 1 aromatic heterocycles. The first-order valence-corrected chi connectivity index (χ1v) is 5.98. The van der Waals surface area contributed by atoms with Gasteiger partial charge in [0.15, 0.2) is 5.82 Å². The van der Waals surface area contributed by atoms with E-state index in [1.54, 1.807) is 6.92 Å². The lowest BCUT2D eigenvalue weighted by molar-refractivity contribution is -0.121. The molecule has 0 aromatic carbocycles. The average Bonchev–Trinajstić information content (AvgIpc) is 2.71. The average molecular weight is 240 g/mol. The molecule has 1 heterocycles. The van der Waals surface area contributed by atoms with Crippen LogP contribution in [0.5, 0.6) is 0 Å². The smallest absolute Gasteiger partial charge is 0.223 e. The molecule has 96 valence electrons. The van der Waals surface area contributed by atoms with Crippen molar-refractivity contribution in [3.8, 4) is 0 Å². The number of amides is 1. The zero-order valence-electron chi connectivity index (χ0n) is 10.2. The third-order valence-corrected chi connectivity index (χ3v) is 2.35. The number of aromatic nitrogens is 2. The van der Waals surface area contributed by atoms with Crippen LogP contribution in [0.3, 0.4) is 0 Å². The van der Waals surface area contributed by atoms with Crippen LogP contribution >= 0.6 is 0 Å². The van der Waals surface area contributed by atoms with Crippen molar-refractivity contribution >= 4 is 5.91 Å². The summed E-state index contributed by atoms with van der Waals surface area (Å²) in [6, 6.07) is 0. The topological polar surface area (TPSA) is 94.0 Å². The molecule has 0 saturated carbocycles. The van der Waals surface area contributed by atoms with E-state index < -0.39 is 0 Å². The molecule has 0 atom stereocenters. The number of carbonyl (C=O) groups is 1. The number of nitrogens with two attached hydrogens (primary N) is 1. The lowest BCUT2D eigenvalue weighted by atomic mass is 10.2. The molecule has 3 N–H and O–H groups in total. The second kappa shape index (κ2) is 7.78. The maximum atomic E-state index is 11.4. The van der Waals surface area contributed by atoms with E-state index in [1.807, 2.05) is 0 Å². The molecule has 0 unspecified atom stereocenters. The van der Waals surface area contributed by atoms with Crippen molar-refractivity contribution in [2.75, 3.05) is 13.1 Å². The maximum absolute atomic E-state index is 11.4. The van der Waals surface area contributed by atoms with Crippen molar-refractivity contribution in [3.05, 3.63) is 11.7 Å². The minimum atomic E-state index is 0.0715. The van der Waals surface area contributed by atoms with Gasteiger partial charge in [-0.25, -0.2) is 0 Å². The van der Waals surface area contributed by atoms with Gasteiger partial charge < -0.3 is 15.6 Å². The van der Waals surface area contributed by atoms with Gasteiger partial charge in [0.05, 0.1) is 0 Å². The quantitative estimate of drug-likeness (QED) is 0.647. The fourth-order valence-electron chi connectivity index (χ4n) is 1.45. The second-order valence-corrected chi connectivity index (χ2v) is 3.93. The lowest BCUT2D eigenvalue weighted by Crippen LogP contribution is -2.25. The molecule has 0 saturated heterocycles. The Morgan fingerprint density at radius 1 is 1.41 bits per heavy atom. The number of hydrogen-bond donors (Lipinski definition) is 2. The van der Waals surface area contributed by atoms with E-state index in [0.717, 1.165) is 19.3 Å². The molecule has 1 rings (SSSR count). The number of hydrogen-bond acceptors (Lipinski definition) is 5. The Kier molecular flexibility index (Phi) is 6.24. The second-order valence-electron chi connectivity index (χ2n) is 3.93. The van der Waals surface area contributed by atoms with Crippen LogP contribution in [0.25, 0.3) is 0 Å². The van der Waals surface area contributed by atoms with E-state index in [2.05, 4.69) is 15.5 Å². The molecule has 0 bridgehead atoms. The van der Waals surface area contributed by atoms with Crippen LogP contribution in [0.4, 0.5) is 0 Å². The zero-order chi connectivity index (χ0) is 12.5. The molecule has 0 spiro atoms. The fraction of sp³-hybridized carbons (Fsp3) is 0.727. The van der Waals surface area contributed by atoms with Crippen LogP contribution in [-0.4, -0.2) is 29.1 Å². The van der Waals surface area contributed by atoms with Gasteiger partial charge in [0.1, 0.15) is 0 Å². The van der Waals surface area contributed by atoms with Gasteiger partial charge in [0.2, 0.25) is 11.8 Å². The Morgan fingerprint density at radius 2 is 2.24 bits per heavy atom. The molecular formula is C11H20N4O2. The maximum Gasteiger partial charge on any atom is 0.223 e. The van der Waals surface area contributed by atoms with Crippen LogP contribution in [0.2, 0.25) is 0 Å². The van der Waals surface area contributed by atoms with Gasteiger partial charge in [-0.05, 0) is 19.4 Å². The molecule has 0 fully saturated rings. The summed E-state index contributed by atoms with van der Waals surface area (Å²) in [5.41, 5.74) is 5.37. The van der Waals surface area contributed by atoms with Gasteiger partial charge in [0.25, 0.3) is 0 Å². The Hall–Kier alpha value is -1.43. The van der Waals surface area contributed by atoms with Crippen LogP contribution < -0.4 is 11.1 Å². The molecule has 0 aliphatic carbocycles. The molecule has 6 heteroatoms. The van der Waals surface area contributed by atoms with Crippen molar-refractivity contribution < 1.29 is 9.32 Å². The number of nitrogens with one attached hydrogen (secondary N) is 1. The third kappa shape index (κ3) is 6.01. The highest BCUT2D eigenvalue weighted by molar-refractivity contribution is 5.75. The van der Waals surface area contributed by atoms with E-state index in [1.165, 1.54) is 0 Å². The minimum Gasteiger partial charge on any atom is -0.356 e. The number of rotatable bonds is 8. The number of nitrogens with zero attached hydrogens (tertiary/aromatic N) is 2. The third-order valence-electron chi connectivity index (χ3n) is 2.35. The van der Waals surface area contributed by atoms with Crippen molar-refractivity contribution in [2.24, 2.45) is 5.73 Å². The SMILES string of the molecule is Cc1nc(CCNC(=O)CCCCCN)no1. The summed E-state index contributed by atoms with van der Waals surface area (Å²) in [4.78, 5) is 15.4. The molecule has 1 aromatic rings. The van der Waals surface area contributed by atoms with Gasteiger partial charge in [-0.2, -0.15) is 4.98 Å². The number of carbonyl (C=O) groups excluding carboxylic acids is 1. The van der Waals surface area contributed by atoms with Gasteiger partial charge in [0, 0.05) is 26.3 Å². The highest BCUT2D eigenvalue weighted by Gasteiger charge is 2.04. The van der Waals surface area contributed by atoms with Crippen molar-refractivity contribution in [3.63, 3.8) is 0 Å². The zero-order valence-corrected chi connectivity index (χ0v) is 10.2. The normalized spacial score (nSPS) is 10.5. The van der Waals surface area contributed by atoms with Crippen LogP contribution in [0, 0.1) is 6.92 Å². The van der Waals surface area contributed by atoms with E-state index >= 15 is 0 Å². The minimum absolute atomic E-state index is 0.0715. The molecular weight excluding hydrogens is 220 g/mol. The van der Waals surface area contributed by atoms with Crippen LogP contribution in [0.15, 0.2) is 4.52 Å². The summed E-state index contributed by atoms with van der Waals surface area (Å²) in [5.74, 6) is 1.25. The molecule has 0 aliphatic heterocycles. The summed E-state index contributed by atoms with van der Waals surface area (Å²) in [5, 5.41) is 6.57. The van der Waals surface area contributed by atoms with Gasteiger partial charge in [-0.1, -0.05) is 11.6 Å². The standard InChI is InChI=1S/C11H20N4O2/c1-9-14-10(15-17-9)6-8-13-11(16)5-3-2-4-7-12/h2-8,12H2,1H3,(H,13,16). The summed E-state index contributed by atoms with van der Waals surface area (Å²) in [6.45, 7) is 2.99. The van der Waals surface area contributed by atoms with Crippen molar-refractivity contribution in [1.29, 1.82) is 0 Å². The Bertz CT molecular complexity index is 338. The highest BCUT2D eigenvalue weighted by Crippen LogP contribution is 1.98. The van der Waals surface area contributed by atoms with E-state index in [4.69, 9.17) is 10.3 Å². The van der Waals surface area contributed by atoms with E-state index in [-0.39, 0.29) is 5.91 Å². The molecule has 1 amide bonds. The largest absolute Gasteiger partial charge is 0.356 e. The predicted octanol–water partition coefficient (Wildman–Crippen LogP) is 0.556. The summed E-state index contributed by atoms with van der Waals surface area (Å²) in [6.07, 6.45) is 4.05. The molecule has 17 heavy (non-hydrogen) atoms. The van der Waals surface area contributed by atoms with Gasteiger partial charge in [-0.3, -0.25) is 4.79 Å². The lowest BCUT2D eigenvalue weighted by Gasteiger charge is -2.02. The fourth-order valence-corrected chi connectivity index (χ4v) is 1.45. The number of unbranched alkanes of at least 4 members (excludes halogenated alkanes) is 2. The summed E-state index contributed by atoms with van der Waals surface area (Å²) < 4.78 is 4.83. The molecule has 6 nitrogen and oxygen atoms in total. The van der Waals surface area contributed by atoms with Gasteiger partial charge >= 0.3 is 0 Å². The Morgan fingerprint density at radius 3 is 2.88 bits per heavy atom. The van der Waals surface area contributed by atoms with Crippen LogP contribution in [-0.2, 0) is 11.2 Å². The van der Waals surface area contributed by atoms with E-state index in [0.29, 0.717) is 37.6 Å². The Labute approximate surface area is 101 Å². The Balaban J connectivity index is 2.04. The van der Waals surface area contributed by atoms with Crippen LogP contribution in [0.1, 0.15) is 37.4 Å². The molecule has 0 radical (unpaired) electrons. The first-order chi connectivity index (χ1) is 8.22. The first-order valence-electron chi connectivity index (χ1n) is 5.98. The highest BCUT2D eigenvalue weighted by atomic mass is 16.5. The van der Waals surface area contributed by atoms with Crippen molar-refractivity contribution in [2.45, 2.75) is 39.0 Å². The summed E-state index contributed by atoms with van der Waals surface area (Å²) in [7, 11) is 0. The molecule has 0 aliphatic rings. The van der Waals surface area contributed by atoms with Crippen molar-refractivity contribution in [1.82, 2.24) is 15.5 Å². The number of aryl methyl sites for hydroxylation is 1. The van der Waals surface area contributed by atoms with E-state index in [9.17, 15) is 4.79 Å². The first kappa shape index (κ1) is 13.6. The monoisotopic (exact) mass is 240 g/mol. The summed E-state index contributed by atoms with van der Waals surface area (Å²) >= 11 is 0. The predicted molar refractivity (Wildman–Crippen MR) is 63.3 cm³/mol. The van der Waals surface area contributed by atoms with Gasteiger partial charge in [-0.15, -0.1) is 0 Å².